The van der Waals surface area contributed by atoms with E-state index in [9.17, 15) is 22.0 Å². The predicted molar refractivity (Wildman–Crippen MR) is 128 cm³/mol. The van der Waals surface area contributed by atoms with E-state index in [4.69, 9.17) is 16.3 Å². The summed E-state index contributed by atoms with van der Waals surface area (Å²) in [6.45, 7) is 2.00. The van der Waals surface area contributed by atoms with Crippen LogP contribution in [0.15, 0.2) is 30.3 Å². The SMILES string of the molecule is O=C(NS(=O)(=O)C1CC1)c1cc(C2CC2)c(CN2CCC(Oc3ccc(F)cc3Cl)CC2)cc1F. The Kier molecular flexibility index (Phi) is 6.76. The molecule has 1 amide bonds. The van der Waals surface area contributed by atoms with Crippen molar-refractivity contribution in [2.45, 2.75) is 62.3 Å². The summed E-state index contributed by atoms with van der Waals surface area (Å²) in [4.78, 5) is 14.8. The number of piperidine rings is 1. The number of hydrogen-bond donors (Lipinski definition) is 1. The van der Waals surface area contributed by atoms with Gasteiger partial charge in [0.05, 0.1) is 15.8 Å². The van der Waals surface area contributed by atoms with Gasteiger partial charge in [-0.3, -0.25) is 9.69 Å². The van der Waals surface area contributed by atoms with Crippen LogP contribution in [-0.2, 0) is 16.6 Å². The van der Waals surface area contributed by atoms with E-state index in [1.54, 1.807) is 0 Å². The minimum atomic E-state index is -3.75. The molecule has 0 atom stereocenters. The number of sulfonamides is 1. The quantitative estimate of drug-likeness (QED) is 0.539. The molecule has 0 spiro atoms. The predicted octanol–water partition coefficient (Wildman–Crippen LogP) is 4.76. The second-order valence-corrected chi connectivity index (χ2v) is 12.0. The Morgan fingerprint density at radius 2 is 1.77 bits per heavy atom. The summed E-state index contributed by atoms with van der Waals surface area (Å²) in [5.74, 6) is -1.30. The van der Waals surface area contributed by atoms with Crippen LogP contribution in [0.4, 0.5) is 8.78 Å². The summed E-state index contributed by atoms with van der Waals surface area (Å²) >= 11 is 6.07. The summed E-state index contributed by atoms with van der Waals surface area (Å²) in [6.07, 6.45) is 4.42. The van der Waals surface area contributed by atoms with Gasteiger partial charge in [-0.1, -0.05) is 11.6 Å². The molecule has 0 radical (unpaired) electrons. The maximum Gasteiger partial charge on any atom is 0.267 e. The number of nitrogens with zero attached hydrogens (tertiary/aromatic N) is 1. The summed E-state index contributed by atoms with van der Waals surface area (Å²) < 4.78 is 60.5. The number of rotatable bonds is 8. The lowest BCUT2D eigenvalue weighted by Crippen LogP contribution is -2.38. The number of halogens is 3. The van der Waals surface area contributed by atoms with Gasteiger partial charge >= 0.3 is 0 Å². The number of benzene rings is 2. The van der Waals surface area contributed by atoms with Crippen molar-refractivity contribution < 1.29 is 26.7 Å². The Morgan fingerprint density at radius 1 is 1.06 bits per heavy atom. The molecule has 0 bridgehead atoms. The van der Waals surface area contributed by atoms with Gasteiger partial charge in [0, 0.05) is 19.6 Å². The van der Waals surface area contributed by atoms with E-state index >= 15 is 0 Å². The second kappa shape index (κ2) is 9.67. The summed E-state index contributed by atoms with van der Waals surface area (Å²) in [5.41, 5.74) is 1.52. The van der Waals surface area contributed by atoms with Crippen molar-refractivity contribution in [2.24, 2.45) is 0 Å². The van der Waals surface area contributed by atoms with Gasteiger partial charge in [-0.2, -0.15) is 0 Å². The van der Waals surface area contributed by atoms with Gasteiger partial charge in [0.25, 0.3) is 5.91 Å². The summed E-state index contributed by atoms with van der Waals surface area (Å²) in [6, 6.07) is 6.99. The minimum absolute atomic E-state index is 0.0478. The van der Waals surface area contributed by atoms with E-state index in [1.165, 1.54) is 30.3 Å². The van der Waals surface area contributed by atoms with Gasteiger partial charge in [0.1, 0.15) is 23.5 Å². The zero-order valence-electron chi connectivity index (χ0n) is 19.1. The molecule has 2 aromatic rings. The number of amides is 1. The lowest BCUT2D eigenvalue weighted by molar-refractivity contribution is 0.0961. The van der Waals surface area contributed by atoms with Crippen LogP contribution in [-0.4, -0.2) is 43.7 Å². The molecule has 1 N–H and O–H groups in total. The number of ether oxygens (including phenoxy) is 1. The first-order chi connectivity index (χ1) is 16.7. The van der Waals surface area contributed by atoms with Crippen molar-refractivity contribution in [1.82, 2.24) is 9.62 Å². The number of carbonyl (C=O) groups is 1. The third-order valence-corrected chi connectivity index (χ3v) is 8.92. The number of likely N-dealkylation sites (tertiary alicyclic amines) is 1. The van der Waals surface area contributed by atoms with Gasteiger partial charge in [0.15, 0.2) is 0 Å². The third-order valence-electron chi connectivity index (χ3n) is 6.80. The second-order valence-electron chi connectivity index (χ2n) is 9.65. The molecule has 5 rings (SSSR count). The summed E-state index contributed by atoms with van der Waals surface area (Å²) in [5, 5.41) is -0.311. The Hall–Kier alpha value is -2.23. The average molecular weight is 525 g/mol. The van der Waals surface area contributed by atoms with Crippen LogP contribution in [0.2, 0.25) is 5.02 Å². The molecule has 3 aliphatic rings. The highest BCUT2D eigenvalue weighted by Gasteiger charge is 2.38. The molecule has 0 aromatic heterocycles. The van der Waals surface area contributed by atoms with Crippen molar-refractivity contribution in [3.8, 4) is 5.75 Å². The maximum atomic E-state index is 14.9. The van der Waals surface area contributed by atoms with Gasteiger partial charge in [0.2, 0.25) is 10.0 Å². The molecule has 188 valence electrons. The molecule has 6 nitrogen and oxygen atoms in total. The lowest BCUT2D eigenvalue weighted by atomic mass is 9.97. The number of hydrogen-bond acceptors (Lipinski definition) is 5. The van der Waals surface area contributed by atoms with E-state index in [1.807, 2.05) is 4.72 Å². The highest BCUT2D eigenvalue weighted by atomic mass is 35.5. The minimum Gasteiger partial charge on any atom is -0.489 e. The van der Waals surface area contributed by atoms with Crippen LogP contribution in [0.3, 0.4) is 0 Å². The molecule has 3 fully saturated rings. The van der Waals surface area contributed by atoms with Crippen LogP contribution in [0, 0.1) is 11.6 Å². The first-order valence-corrected chi connectivity index (χ1v) is 13.8. The molecule has 0 unspecified atom stereocenters. The highest BCUT2D eigenvalue weighted by molar-refractivity contribution is 7.91. The van der Waals surface area contributed by atoms with Crippen molar-refractivity contribution >= 4 is 27.5 Å². The third kappa shape index (κ3) is 5.78. The first kappa shape index (κ1) is 24.5. The molecule has 1 saturated heterocycles. The van der Waals surface area contributed by atoms with Crippen LogP contribution in [0.25, 0.3) is 0 Å². The number of carbonyl (C=O) groups excluding carboxylic acids is 1. The Labute approximate surface area is 208 Å². The maximum absolute atomic E-state index is 14.9. The van der Waals surface area contributed by atoms with Crippen LogP contribution < -0.4 is 9.46 Å². The van der Waals surface area contributed by atoms with Crippen molar-refractivity contribution in [3.05, 3.63) is 63.7 Å². The zero-order valence-corrected chi connectivity index (χ0v) is 20.7. The van der Waals surface area contributed by atoms with Crippen molar-refractivity contribution in [2.75, 3.05) is 13.1 Å². The van der Waals surface area contributed by atoms with Crippen molar-refractivity contribution in [1.29, 1.82) is 0 Å². The summed E-state index contributed by atoms with van der Waals surface area (Å²) in [7, 11) is -3.75. The fourth-order valence-electron chi connectivity index (χ4n) is 4.54. The van der Waals surface area contributed by atoms with Gasteiger partial charge < -0.3 is 4.74 Å². The largest absolute Gasteiger partial charge is 0.489 e. The van der Waals surface area contributed by atoms with Gasteiger partial charge in [-0.25, -0.2) is 21.9 Å². The standard InChI is InChI=1S/C25H27ClF2N2O4S/c26-22-12-17(27)3-6-24(22)34-18-7-9-30(10-8-18)14-16-11-23(28)21(13-20(16)15-1-2-15)25(31)29-35(32,33)19-4-5-19/h3,6,11-13,15,18-19H,1-2,4-5,7-10,14H2,(H,29,31). The van der Waals surface area contributed by atoms with Gasteiger partial charge in [-0.15, -0.1) is 0 Å². The molecule has 1 aliphatic heterocycles. The normalized spacial score (nSPS) is 19.5. The molecule has 10 heteroatoms. The van der Waals surface area contributed by atoms with Crippen LogP contribution in [0.1, 0.15) is 65.9 Å². The zero-order chi connectivity index (χ0) is 24.7. The smallest absolute Gasteiger partial charge is 0.267 e. The molecular weight excluding hydrogens is 498 g/mol. The van der Waals surface area contributed by atoms with E-state index in [2.05, 4.69) is 4.90 Å². The molecule has 2 aromatic carbocycles. The van der Waals surface area contributed by atoms with Crippen molar-refractivity contribution in [3.63, 3.8) is 0 Å². The topological polar surface area (TPSA) is 75.7 Å². The molecule has 1 heterocycles. The van der Waals surface area contributed by atoms with E-state index in [0.29, 0.717) is 25.1 Å². The average Bonchev–Trinajstić information content (AvgIpc) is 3.69. The number of nitrogens with one attached hydrogen (secondary N) is 1. The Balaban J connectivity index is 1.24. The lowest BCUT2D eigenvalue weighted by Gasteiger charge is -2.33. The van der Waals surface area contributed by atoms with E-state index in [0.717, 1.165) is 49.9 Å². The Bertz CT molecular complexity index is 1240. The fourth-order valence-corrected chi connectivity index (χ4v) is 6.04. The first-order valence-electron chi connectivity index (χ1n) is 11.9. The fraction of sp³-hybridized carbons (Fsp3) is 0.480. The monoisotopic (exact) mass is 524 g/mol. The highest BCUT2D eigenvalue weighted by Crippen LogP contribution is 2.43. The van der Waals surface area contributed by atoms with Crippen LogP contribution in [0.5, 0.6) is 5.75 Å². The molecule has 2 saturated carbocycles. The molecular formula is C25H27ClF2N2O4S. The molecule has 2 aliphatic carbocycles. The van der Waals surface area contributed by atoms with E-state index in [-0.39, 0.29) is 22.6 Å². The van der Waals surface area contributed by atoms with E-state index < -0.39 is 32.8 Å². The van der Waals surface area contributed by atoms with Crippen LogP contribution >= 0.6 is 11.6 Å². The molecule has 35 heavy (non-hydrogen) atoms. The Morgan fingerprint density at radius 3 is 2.40 bits per heavy atom. The van der Waals surface area contributed by atoms with Gasteiger partial charge in [-0.05, 0) is 85.9 Å².